The molecule has 0 bridgehead atoms. The average Bonchev–Trinajstić information content (AvgIpc) is 3.19. The number of rotatable bonds is 7. The van der Waals surface area contributed by atoms with E-state index in [4.69, 9.17) is 4.42 Å². The Morgan fingerprint density at radius 2 is 1.65 bits per heavy atom. The number of phenols is 1. The van der Waals surface area contributed by atoms with Crippen LogP contribution in [-0.4, -0.2) is 60.7 Å². The van der Waals surface area contributed by atoms with E-state index in [1.165, 1.54) is 15.9 Å². The monoisotopic (exact) mass is 470 g/mol. The van der Waals surface area contributed by atoms with Crippen LogP contribution in [0, 0.1) is 6.92 Å². The lowest BCUT2D eigenvalue weighted by Crippen LogP contribution is -2.33. The molecule has 9 nitrogen and oxygen atoms in total. The minimum atomic E-state index is -0.344. The minimum Gasteiger partial charge on any atom is -0.505 e. The molecular formula is C25H34N4O5. The number of anilines is 1. The summed E-state index contributed by atoms with van der Waals surface area (Å²) in [6.07, 6.45) is 0.201. The number of carbonyl (C=O) groups is 3. The molecule has 1 aliphatic rings. The zero-order valence-corrected chi connectivity index (χ0v) is 21.1. The molecule has 9 heteroatoms. The van der Waals surface area contributed by atoms with E-state index in [-0.39, 0.29) is 47.1 Å². The molecule has 0 spiro atoms. The van der Waals surface area contributed by atoms with Crippen LogP contribution in [0.2, 0.25) is 0 Å². The molecular weight excluding hydrogens is 436 g/mol. The number of allylic oxidation sites excluding steroid dienone is 2. The Labute approximate surface area is 200 Å². The maximum atomic E-state index is 12.3. The number of ketones is 1. The highest BCUT2D eigenvalue weighted by Crippen LogP contribution is 2.33. The predicted molar refractivity (Wildman–Crippen MR) is 131 cm³/mol. The van der Waals surface area contributed by atoms with Crippen LogP contribution in [0.3, 0.4) is 0 Å². The van der Waals surface area contributed by atoms with Crippen molar-refractivity contribution in [1.82, 2.24) is 15.1 Å². The Morgan fingerprint density at radius 1 is 1.06 bits per heavy atom. The second-order valence-electron chi connectivity index (χ2n) is 8.16. The van der Waals surface area contributed by atoms with Crippen LogP contribution < -0.4 is 10.6 Å². The van der Waals surface area contributed by atoms with Crippen LogP contribution in [0.15, 0.2) is 40.1 Å². The molecule has 184 valence electrons. The maximum Gasteiger partial charge on any atom is 0.257 e. The lowest BCUT2D eigenvalue weighted by atomic mass is 9.97. The number of amides is 2. The number of para-hydroxylation sites is 1. The summed E-state index contributed by atoms with van der Waals surface area (Å²) in [5.41, 5.74) is 1.86. The Balaban J connectivity index is 0.00000199. The van der Waals surface area contributed by atoms with Crippen molar-refractivity contribution in [2.45, 2.75) is 40.2 Å². The molecule has 1 heterocycles. The van der Waals surface area contributed by atoms with Crippen molar-refractivity contribution in [3.63, 3.8) is 0 Å². The molecule has 2 aromatic rings. The first-order valence-corrected chi connectivity index (χ1v) is 11.2. The van der Waals surface area contributed by atoms with Gasteiger partial charge in [-0.15, -0.1) is 0 Å². The molecule has 1 aromatic heterocycles. The van der Waals surface area contributed by atoms with Crippen LogP contribution >= 0.6 is 0 Å². The van der Waals surface area contributed by atoms with Gasteiger partial charge in [-0.25, -0.2) is 0 Å². The number of Topliss-reactive ketones (excluding diaryl/α,β-unsaturated/α-hetero) is 1. The second kappa shape index (κ2) is 10.9. The number of hydrogen-bond donors (Lipinski definition) is 3. The third-order valence-corrected chi connectivity index (χ3v) is 5.24. The molecule has 0 saturated heterocycles. The van der Waals surface area contributed by atoms with Gasteiger partial charge in [0.05, 0.1) is 29.3 Å². The van der Waals surface area contributed by atoms with E-state index < -0.39 is 0 Å². The number of hydrogen-bond acceptors (Lipinski definition) is 7. The SMILES string of the molecule is CC.Cc1oc(C(C)NC2=C(Nc3cccc(C(=O)N(C)C)c3O)C(=O)C2)cc1C(=O)N(C)C. The number of carbonyl (C=O) groups excluding carboxylic acids is 3. The summed E-state index contributed by atoms with van der Waals surface area (Å²) in [7, 11) is 6.54. The van der Waals surface area contributed by atoms with Gasteiger partial charge in [0.2, 0.25) is 0 Å². The first-order valence-electron chi connectivity index (χ1n) is 11.2. The van der Waals surface area contributed by atoms with Crippen LogP contribution in [0.1, 0.15) is 65.5 Å². The highest BCUT2D eigenvalue weighted by molar-refractivity contribution is 6.07. The summed E-state index contributed by atoms with van der Waals surface area (Å²) >= 11 is 0. The molecule has 3 rings (SSSR count). The lowest BCUT2D eigenvalue weighted by molar-refractivity contribution is -0.116. The van der Waals surface area contributed by atoms with E-state index in [0.717, 1.165) is 0 Å². The van der Waals surface area contributed by atoms with Crippen molar-refractivity contribution in [2.24, 2.45) is 0 Å². The highest BCUT2D eigenvalue weighted by Gasteiger charge is 2.30. The first-order chi connectivity index (χ1) is 16.0. The van der Waals surface area contributed by atoms with Gasteiger partial charge in [-0.1, -0.05) is 19.9 Å². The third-order valence-electron chi connectivity index (χ3n) is 5.24. The Kier molecular flexibility index (Phi) is 8.51. The van der Waals surface area contributed by atoms with Crippen molar-refractivity contribution < 1.29 is 23.9 Å². The fraction of sp³-hybridized carbons (Fsp3) is 0.400. The van der Waals surface area contributed by atoms with E-state index in [2.05, 4.69) is 10.6 Å². The molecule has 1 aromatic carbocycles. The zero-order valence-electron chi connectivity index (χ0n) is 21.1. The number of aryl methyl sites for hydroxylation is 1. The summed E-state index contributed by atoms with van der Waals surface area (Å²) in [6, 6.07) is 6.15. The number of aromatic hydroxyl groups is 1. The molecule has 1 aliphatic carbocycles. The van der Waals surface area contributed by atoms with Crippen LogP contribution in [0.4, 0.5) is 5.69 Å². The molecule has 1 unspecified atom stereocenters. The largest absolute Gasteiger partial charge is 0.505 e. The van der Waals surface area contributed by atoms with E-state index in [1.807, 2.05) is 20.8 Å². The second-order valence-corrected chi connectivity index (χ2v) is 8.16. The molecule has 0 saturated carbocycles. The van der Waals surface area contributed by atoms with E-state index in [0.29, 0.717) is 28.5 Å². The number of furan rings is 1. The topological polar surface area (TPSA) is 115 Å². The van der Waals surface area contributed by atoms with Crippen molar-refractivity contribution in [3.8, 4) is 5.75 Å². The van der Waals surface area contributed by atoms with Gasteiger partial charge in [0, 0.05) is 33.9 Å². The quantitative estimate of drug-likeness (QED) is 0.529. The third kappa shape index (κ3) is 5.41. The number of nitrogens with zero attached hydrogens (tertiary/aromatic N) is 2. The summed E-state index contributed by atoms with van der Waals surface area (Å²) in [6.45, 7) is 7.60. The van der Waals surface area contributed by atoms with Gasteiger partial charge in [0.15, 0.2) is 11.5 Å². The number of phenolic OH excluding ortho intramolecular Hbond substituents is 1. The number of nitrogens with one attached hydrogen (secondary N) is 2. The van der Waals surface area contributed by atoms with Gasteiger partial charge >= 0.3 is 0 Å². The normalized spacial score (nSPS) is 13.4. The van der Waals surface area contributed by atoms with Crippen LogP contribution in [0.5, 0.6) is 5.75 Å². The van der Waals surface area contributed by atoms with Crippen molar-refractivity contribution >= 4 is 23.3 Å². The highest BCUT2D eigenvalue weighted by atomic mass is 16.3. The van der Waals surface area contributed by atoms with E-state index in [9.17, 15) is 19.5 Å². The molecule has 0 fully saturated rings. The van der Waals surface area contributed by atoms with Crippen LogP contribution in [-0.2, 0) is 4.79 Å². The number of benzene rings is 1. The predicted octanol–water partition coefficient (Wildman–Crippen LogP) is 3.67. The summed E-state index contributed by atoms with van der Waals surface area (Å²) in [5.74, 6) is 0.259. The van der Waals surface area contributed by atoms with Gasteiger partial charge in [0.1, 0.15) is 17.2 Å². The standard InChI is InChI=1S/C23H28N4O5.C2H6/c1-12(19-10-15(13(2)32-19)23(31)27(5)6)24-17-11-18(28)20(17)25-16-9-7-8-14(21(16)29)22(30)26(3)4;1-2/h7-10,12,24-25,29H,11H2,1-6H3;1-2H3. The lowest BCUT2D eigenvalue weighted by Gasteiger charge is -2.27. The Hall–Kier alpha value is -3.75. The van der Waals surface area contributed by atoms with E-state index >= 15 is 0 Å². The molecule has 0 radical (unpaired) electrons. The smallest absolute Gasteiger partial charge is 0.257 e. The minimum absolute atomic E-state index is 0.123. The van der Waals surface area contributed by atoms with Crippen molar-refractivity contribution in [2.75, 3.05) is 33.5 Å². The first kappa shape index (κ1) is 26.5. The summed E-state index contributed by atoms with van der Waals surface area (Å²) in [4.78, 5) is 39.6. The van der Waals surface area contributed by atoms with Gasteiger partial charge < -0.3 is 30.0 Å². The van der Waals surface area contributed by atoms with Crippen LogP contribution in [0.25, 0.3) is 0 Å². The van der Waals surface area contributed by atoms with Crippen molar-refractivity contribution in [1.29, 1.82) is 0 Å². The fourth-order valence-corrected chi connectivity index (χ4v) is 3.36. The average molecular weight is 471 g/mol. The van der Waals surface area contributed by atoms with Crippen molar-refractivity contribution in [3.05, 3.63) is 58.3 Å². The molecule has 3 N–H and O–H groups in total. The Bertz CT molecular complexity index is 1110. The van der Waals surface area contributed by atoms with Gasteiger partial charge in [-0.3, -0.25) is 14.4 Å². The summed E-state index contributed by atoms with van der Waals surface area (Å²) in [5, 5.41) is 16.7. The van der Waals surface area contributed by atoms with E-state index in [1.54, 1.807) is 53.3 Å². The molecule has 1 atom stereocenters. The van der Waals surface area contributed by atoms with Gasteiger partial charge in [0.25, 0.3) is 11.8 Å². The Morgan fingerprint density at radius 3 is 2.21 bits per heavy atom. The zero-order chi connectivity index (χ0) is 25.7. The fourth-order valence-electron chi connectivity index (χ4n) is 3.36. The summed E-state index contributed by atoms with van der Waals surface area (Å²) < 4.78 is 5.76. The molecule has 34 heavy (non-hydrogen) atoms. The van der Waals surface area contributed by atoms with Gasteiger partial charge in [-0.05, 0) is 32.0 Å². The maximum absolute atomic E-state index is 12.3. The molecule has 0 aliphatic heterocycles. The van der Waals surface area contributed by atoms with Gasteiger partial charge in [-0.2, -0.15) is 0 Å². The molecule has 2 amide bonds.